The summed E-state index contributed by atoms with van der Waals surface area (Å²) in [5, 5.41) is 9.92. The Kier molecular flexibility index (Phi) is 10.2. The van der Waals surface area contributed by atoms with E-state index in [1.807, 2.05) is 19.9 Å². The maximum Gasteiger partial charge on any atom is 0.142 e. The van der Waals surface area contributed by atoms with Gasteiger partial charge >= 0.3 is 0 Å². The molecular formula is C24H27Cl3FN3O. The summed E-state index contributed by atoms with van der Waals surface area (Å²) < 4.78 is 13.9. The van der Waals surface area contributed by atoms with Gasteiger partial charge in [-0.2, -0.15) is 5.26 Å². The number of rotatable bonds is 6. The molecular weight excluding hydrogens is 472 g/mol. The summed E-state index contributed by atoms with van der Waals surface area (Å²) in [6.45, 7) is 6.19. The van der Waals surface area contributed by atoms with E-state index in [-0.39, 0.29) is 17.0 Å². The van der Waals surface area contributed by atoms with Crippen molar-refractivity contribution >= 4 is 46.8 Å². The van der Waals surface area contributed by atoms with E-state index >= 15 is 0 Å². The number of nitrogens with zero attached hydrogens (tertiary/aromatic N) is 3. The second kappa shape index (κ2) is 12.4. The molecule has 0 amide bonds. The molecule has 0 N–H and O–H groups in total. The minimum Gasteiger partial charge on any atom is -0.363 e. The molecule has 0 spiro atoms. The Morgan fingerprint density at radius 2 is 1.97 bits per heavy atom. The van der Waals surface area contributed by atoms with Crippen molar-refractivity contribution in [1.29, 1.82) is 5.26 Å². The van der Waals surface area contributed by atoms with Crippen LogP contribution in [0.5, 0.6) is 0 Å². The van der Waals surface area contributed by atoms with Crippen LogP contribution in [0.1, 0.15) is 37.8 Å². The molecule has 1 fully saturated rings. The molecule has 1 heterocycles. The Morgan fingerprint density at radius 1 is 1.25 bits per heavy atom. The largest absolute Gasteiger partial charge is 0.363 e. The molecule has 0 saturated carbocycles. The van der Waals surface area contributed by atoms with Crippen molar-refractivity contribution in [1.82, 2.24) is 4.90 Å². The summed E-state index contributed by atoms with van der Waals surface area (Å²) in [7, 11) is 2.07. The average Bonchev–Trinajstić information content (AvgIpc) is 3.21. The van der Waals surface area contributed by atoms with Crippen LogP contribution in [0.4, 0.5) is 10.1 Å². The Labute approximate surface area is 204 Å². The lowest BCUT2D eigenvalue weighted by Gasteiger charge is -2.32. The Hall–Kier alpha value is -1.84. The summed E-state index contributed by atoms with van der Waals surface area (Å²) in [6.07, 6.45) is 2.91. The molecule has 4 nitrogen and oxygen atoms in total. The molecule has 8 heteroatoms. The first-order valence-electron chi connectivity index (χ1n) is 10.4. The number of likely N-dealkylation sites (tertiary alicyclic amines) is 1. The number of benzene rings is 2. The zero-order valence-electron chi connectivity index (χ0n) is 18.4. The van der Waals surface area contributed by atoms with Crippen molar-refractivity contribution in [3.63, 3.8) is 0 Å². The maximum atomic E-state index is 13.9. The Bertz CT molecular complexity index is 980. The van der Waals surface area contributed by atoms with Crippen LogP contribution in [0, 0.1) is 23.1 Å². The number of carbonyl (C=O) groups excluding carboxylic acids is 1. The van der Waals surface area contributed by atoms with E-state index in [1.165, 1.54) is 12.1 Å². The highest BCUT2D eigenvalue weighted by atomic mass is 35.5. The quantitative estimate of drug-likeness (QED) is 0.332. The van der Waals surface area contributed by atoms with Crippen molar-refractivity contribution in [3.8, 4) is 6.07 Å². The zero-order chi connectivity index (χ0) is 23.8. The number of hydrogen-bond acceptors (Lipinski definition) is 4. The molecule has 1 aliphatic heterocycles. The predicted octanol–water partition coefficient (Wildman–Crippen LogP) is 6.60. The van der Waals surface area contributed by atoms with E-state index in [0.717, 1.165) is 37.9 Å². The number of halogens is 4. The number of carbonyl (C=O) groups is 1. The minimum absolute atomic E-state index is 0.00678. The lowest BCUT2D eigenvalue weighted by molar-refractivity contribution is -0.110. The summed E-state index contributed by atoms with van der Waals surface area (Å²) in [4.78, 5) is 14.1. The van der Waals surface area contributed by atoms with Crippen molar-refractivity contribution in [2.75, 3.05) is 25.0 Å². The molecule has 0 bridgehead atoms. The third kappa shape index (κ3) is 7.08. The van der Waals surface area contributed by atoms with Gasteiger partial charge in [0.25, 0.3) is 0 Å². The smallest absolute Gasteiger partial charge is 0.142 e. The third-order valence-electron chi connectivity index (χ3n) is 5.52. The molecule has 2 aromatic carbocycles. The van der Waals surface area contributed by atoms with Crippen LogP contribution < -0.4 is 4.90 Å². The summed E-state index contributed by atoms with van der Waals surface area (Å²) in [5.74, 6) is -0.239. The van der Waals surface area contributed by atoms with Gasteiger partial charge in [-0.3, -0.25) is 0 Å². The van der Waals surface area contributed by atoms with Crippen LogP contribution >= 0.6 is 34.8 Å². The number of nitriles is 1. The van der Waals surface area contributed by atoms with Crippen LogP contribution in [0.3, 0.4) is 0 Å². The lowest BCUT2D eigenvalue weighted by Crippen LogP contribution is -2.36. The van der Waals surface area contributed by atoms with Crippen molar-refractivity contribution in [3.05, 3.63) is 62.3 Å². The SMILES string of the molecule is CCC(C)C=O.CN1CC[C@H](N(Cc2cc(F)c(Cl)cc2Cl)c2ccc(C#N)c(Cl)c2)C1. The number of anilines is 1. The average molecular weight is 499 g/mol. The monoisotopic (exact) mass is 497 g/mol. The third-order valence-corrected chi connectivity index (χ3v) is 6.47. The molecule has 0 aliphatic carbocycles. The summed E-state index contributed by atoms with van der Waals surface area (Å²) in [5.41, 5.74) is 1.96. The van der Waals surface area contributed by atoms with Gasteiger partial charge in [0.2, 0.25) is 0 Å². The van der Waals surface area contributed by atoms with Crippen molar-refractivity contribution < 1.29 is 9.18 Å². The van der Waals surface area contributed by atoms with Gasteiger partial charge in [-0.05, 0) is 62.3 Å². The van der Waals surface area contributed by atoms with Crippen LogP contribution in [-0.4, -0.2) is 37.4 Å². The fraction of sp³-hybridized carbons (Fsp3) is 0.417. The topological polar surface area (TPSA) is 47.3 Å². The molecule has 1 aliphatic rings. The van der Waals surface area contributed by atoms with Gasteiger partial charge in [0, 0.05) is 35.8 Å². The molecule has 1 saturated heterocycles. The van der Waals surface area contributed by atoms with Gasteiger partial charge in [0.05, 0.1) is 15.6 Å². The lowest BCUT2D eigenvalue weighted by atomic mass is 10.1. The molecule has 32 heavy (non-hydrogen) atoms. The fourth-order valence-electron chi connectivity index (χ4n) is 3.34. The van der Waals surface area contributed by atoms with Gasteiger partial charge in [-0.1, -0.05) is 48.7 Å². The molecule has 0 radical (unpaired) electrons. The first-order chi connectivity index (χ1) is 15.2. The van der Waals surface area contributed by atoms with E-state index in [2.05, 4.69) is 22.9 Å². The molecule has 2 atom stereocenters. The first-order valence-corrected chi connectivity index (χ1v) is 11.6. The molecule has 172 valence electrons. The normalized spacial score (nSPS) is 16.6. The molecule has 0 aromatic heterocycles. The minimum atomic E-state index is -0.493. The second-order valence-electron chi connectivity index (χ2n) is 7.99. The Morgan fingerprint density at radius 3 is 2.47 bits per heavy atom. The number of hydrogen-bond donors (Lipinski definition) is 0. The van der Waals surface area contributed by atoms with Gasteiger partial charge in [-0.15, -0.1) is 0 Å². The summed E-state index contributed by atoms with van der Waals surface area (Å²) in [6, 6.07) is 10.4. The highest BCUT2D eigenvalue weighted by Gasteiger charge is 2.27. The van der Waals surface area contributed by atoms with Crippen LogP contribution in [0.25, 0.3) is 0 Å². The van der Waals surface area contributed by atoms with Gasteiger partial charge in [0.15, 0.2) is 0 Å². The van der Waals surface area contributed by atoms with Crippen LogP contribution in [0.15, 0.2) is 30.3 Å². The molecule has 1 unspecified atom stereocenters. The van der Waals surface area contributed by atoms with Crippen molar-refractivity contribution in [2.45, 2.75) is 39.3 Å². The van der Waals surface area contributed by atoms with Gasteiger partial charge in [-0.25, -0.2) is 4.39 Å². The van der Waals surface area contributed by atoms with E-state index in [4.69, 9.17) is 40.1 Å². The zero-order valence-corrected chi connectivity index (χ0v) is 20.7. The van der Waals surface area contributed by atoms with Gasteiger partial charge < -0.3 is 14.6 Å². The maximum absolute atomic E-state index is 13.9. The summed E-state index contributed by atoms with van der Waals surface area (Å²) >= 11 is 18.3. The van der Waals surface area contributed by atoms with Crippen LogP contribution in [0.2, 0.25) is 15.1 Å². The first kappa shape index (κ1) is 26.4. The van der Waals surface area contributed by atoms with E-state index in [1.54, 1.807) is 12.1 Å². The number of likely N-dealkylation sites (N-methyl/N-ethyl adjacent to an activating group) is 1. The van der Waals surface area contributed by atoms with E-state index in [0.29, 0.717) is 27.7 Å². The van der Waals surface area contributed by atoms with E-state index < -0.39 is 5.82 Å². The Balaban J connectivity index is 0.000000534. The molecule has 2 aromatic rings. The second-order valence-corrected chi connectivity index (χ2v) is 9.21. The standard InChI is InChI=1S/C19H17Cl3FN3.C5H10O/c1-25-5-4-15(11-25)26(14-3-2-12(9-24)16(20)7-14)10-13-6-19(23)18(22)8-17(13)21;1-3-5(2)4-6/h2-3,6-8,15H,4-5,10-11H2,1H3;4-5H,3H2,1-2H3/t15-;/m0./s1. The number of aldehydes is 1. The predicted molar refractivity (Wildman–Crippen MR) is 130 cm³/mol. The van der Waals surface area contributed by atoms with Gasteiger partial charge in [0.1, 0.15) is 18.2 Å². The van der Waals surface area contributed by atoms with Crippen molar-refractivity contribution in [2.24, 2.45) is 5.92 Å². The van der Waals surface area contributed by atoms with E-state index in [9.17, 15) is 9.18 Å². The molecule has 3 rings (SSSR count). The fourth-order valence-corrected chi connectivity index (χ4v) is 4.00. The highest BCUT2D eigenvalue weighted by molar-refractivity contribution is 6.35. The van der Waals surface area contributed by atoms with Crippen LogP contribution in [-0.2, 0) is 11.3 Å². The highest BCUT2D eigenvalue weighted by Crippen LogP contribution is 2.32.